The summed E-state index contributed by atoms with van der Waals surface area (Å²) in [7, 11) is 1.58. The van der Waals surface area contributed by atoms with E-state index in [2.05, 4.69) is 0 Å². The van der Waals surface area contributed by atoms with Crippen LogP contribution in [0, 0.1) is 5.92 Å². The van der Waals surface area contributed by atoms with Crippen molar-refractivity contribution in [2.45, 2.75) is 32.2 Å². The Kier molecular flexibility index (Phi) is 4.24. The Labute approximate surface area is 100 Å². The fraction of sp³-hybridized carbons (Fsp3) is 0.818. The lowest BCUT2D eigenvalue weighted by Gasteiger charge is -2.35. The van der Waals surface area contributed by atoms with Crippen LogP contribution in [0.3, 0.4) is 0 Å². The summed E-state index contributed by atoms with van der Waals surface area (Å²) in [6.07, 6.45) is 1.73. The van der Waals surface area contributed by atoms with E-state index in [4.69, 9.17) is 5.11 Å². The van der Waals surface area contributed by atoms with Crippen molar-refractivity contribution in [3.05, 3.63) is 0 Å². The molecular weight excluding hydrogens is 226 g/mol. The second-order valence-corrected chi connectivity index (χ2v) is 5.87. The summed E-state index contributed by atoms with van der Waals surface area (Å²) in [5.74, 6) is 1.00. The molecule has 0 atom stereocenters. The maximum Gasteiger partial charge on any atom is 0.329 e. The highest BCUT2D eigenvalue weighted by atomic mass is 32.2. The molecule has 92 valence electrons. The SMILES string of the molecule is CN(C(=O)C1CCSCC1)C(C)(C)C(=O)O. The van der Waals surface area contributed by atoms with Gasteiger partial charge in [0.25, 0.3) is 0 Å². The summed E-state index contributed by atoms with van der Waals surface area (Å²) in [5.41, 5.74) is -1.12. The topological polar surface area (TPSA) is 57.6 Å². The summed E-state index contributed by atoms with van der Waals surface area (Å²) in [6.45, 7) is 3.12. The van der Waals surface area contributed by atoms with Crippen LogP contribution in [0.15, 0.2) is 0 Å². The van der Waals surface area contributed by atoms with Gasteiger partial charge in [0.2, 0.25) is 5.91 Å². The number of carbonyl (C=O) groups is 2. The Morgan fingerprint density at radius 2 is 1.81 bits per heavy atom. The van der Waals surface area contributed by atoms with Crippen LogP contribution in [0.4, 0.5) is 0 Å². The lowest BCUT2D eigenvalue weighted by molar-refractivity contribution is -0.157. The van der Waals surface area contributed by atoms with Gasteiger partial charge in [0, 0.05) is 13.0 Å². The minimum Gasteiger partial charge on any atom is -0.480 e. The van der Waals surface area contributed by atoms with Gasteiger partial charge < -0.3 is 10.0 Å². The van der Waals surface area contributed by atoms with Gasteiger partial charge in [0.05, 0.1) is 0 Å². The van der Waals surface area contributed by atoms with Crippen LogP contribution in [0.1, 0.15) is 26.7 Å². The fourth-order valence-electron chi connectivity index (χ4n) is 1.64. The molecule has 0 radical (unpaired) electrons. The number of carboxylic acid groups (broad SMARTS) is 1. The van der Waals surface area contributed by atoms with E-state index in [1.54, 1.807) is 20.9 Å². The van der Waals surface area contributed by atoms with Gasteiger partial charge in [-0.25, -0.2) is 4.79 Å². The molecule has 0 aromatic heterocycles. The van der Waals surface area contributed by atoms with Crippen molar-refractivity contribution in [3.8, 4) is 0 Å². The summed E-state index contributed by atoms with van der Waals surface area (Å²) in [5, 5.41) is 9.06. The number of thioether (sulfide) groups is 1. The van der Waals surface area contributed by atoms with E-state index in [0.29, 0.717) is 0 Å². The highest BCUT2D eigenvalue weighted by Crippen LogP contribution is 2.26. The molecule has 1 N–H and O–H groups in total. The van der Waals surface area contributed by atoms with Crippen molar-refractivity contribution >= 4 is 23.6 Å². The molecule has 0 aromatic rings. The fourth-order valence-corrected chi connectivity index (χ4v) is 2.74. The van der Waals surface area contributed by atoms with Crippen LogP contribution in [-0.4, -0.2) is 46.0 Å². The van der Waals surface area contributed by atoms with Crippen LogP contribution in [-0.2, 0) is 9.59 Å². The third-order valence-electron chi connectivity index (χ3n) is 3.26. The zero-order valence-electron chi connectivity index (χ0n) is 10.0. The first-order valence-electron chi connectivity index (χ1n) is 5.46. The lowest BCUT2D eigenvalue weighted by Crippen LogP contribution is -2.52. The largest absolute Gasteiger partial charge is 0.480 e. The molecule has 4 nitrogen and oxygen atoms in total. The number of aliphatic carboxylic acids is 1. The van der Waals surface area contributed by atoms with Gasteiger partial charge in [-0.1, -0.05) is 0 Å². The van der Waals surface area contributed by atoms with Gasteiger partial charge in [0.1, 0.15) is 5.54 Å². The van der Waals surface area contributed by atoms with Gasteiger partial charge in [-0.05, 0) is 38.2 Å². The number of amides is 1. The van der Waals surface area contributed by atoms with Gasteiger partial charge >= 0.3 is 5.97 Å². The molecule has 5 heteroatoms. The van der Waals surface area contributed by atoms with Crippen LogP contribution in [0.2, 0.25) is 0 Å². The number of carbonyl (C=O) groups excluding carboxylic acids is 1. The monoisotopic (exact) mass is 245 g/mol. The van der Waals surface area contributed by atoms with Crippen molar-refractivity contribution < 1.29 is 14.7 Å². The highest BCUT2D eigenvalue weighted by molar-refractivity contribution is 7.99. The van der Waals surface area contributed by atoms with Crippen molar-refractivity contribution in [3.63, 3.8) is 0 Å². The average molecular weight is 245 g/mol. The number of likely N-dealkylation sites (N-methyl/N-ethyl adjacent to an activating group) is 1. The first-order chi connectivity index (χ1) is 7.37. The molecule has 1 aliphatic heterocycles. The van der Waals surface area contributed by atoms with Gasteiger partial charge in [-0.2, -0.15) is 11.8 Å². The summed E-state index contributed by atoms with van der Waals surface area (Å²) in [6, 6.07) is 0. The van der Waals surface area contributed by atoms with Crippen molar-refractivity contribution in [1.82, 2.24) is 4.90 Å². The van der Waals surface area contributed by atoms with E-state index in [1.807, 2.05) is 11.8 Å². The minimum absolute atomic E-state index is 0.00451. The predicted octanol–water partition coefficient (Wildman–Crippen LogP) is 1.45. The van der Waals surface area contributed by atoms with Crippen molar-refractivity contribution in [1.29, 1.82) is 0 Å². The Morgan fingerprint density at radius 3 is 2.25 bits per heavy atom. The number of carboxylic acids is 1. The van der Waals surface area contributed by atoms with E-state index >= 15 is 0 Å². The molecule has 0 bridgehead atoms. The van der Waals surface area contributed by atoms with Crippen LogP contribution in [0.5, 0.6) is 0 Å². The molecule has 1 heterocycles. The lowest BCUT2D eigenvalue weighted by atomic mass is 9.97. The van der Waals surface area contributed by atoms with E-state index in [-0.39, 0.29) is 11.8 Å². The quantitative estimate of drug-likeness (QED) is 0.817. The molecule has 1 saturated heterocycles. The second-order valence-electron chi connectivity index (χ2n) is 4.65. The predicted molar refractivity (Wildman–Crippen MR) is 64.5 cm³/mol. The molecule has 1 rings (SSSR count). The number of hydrogen-bond donors (Lipinski definition) is 1. The molecule has 0 saturated carbocycles. The summed E-state index contributed by atoms with van der Waals surface area (Å²) >= 11 is 1.85. The Bertz CT molecular complexity index is 285. The Morgan fingerprint density at radius 1 is 1.31 bits per heavy atom. The Hall–Kier alpha value is -0.710. The third kappa shape index (κ3) is 2.70. The number of rotatable bonds is 3. The normalized spacial score (nSPS) is 18.2. The molecule has 1 amide bonds. The Balaban J connectivity index is 2.69. The highest BCUT2D eigenvalue weighted by Gasteiger charge is 2.37. The van der Waals surface area contributed by atoms with Crippen molar-refractivity contribution in [2.75, 3.05) is 18.6 Å². The number of hydrogen-bond acceptors (Lipinski definition) is 3. The molecule has 16 heavy (non-hydrogen) atoms. The van der Waals surface area contributed by atoms with E-state index in [1.165, 1.54) is 4.90 Å². The molecule has 1 fully saturated rings. The van der Waals surface area contributed by atoms with E-state index in [9.17, 15) is 9.59 Å². The van der Waals surface area contributed by atoms with Gasteiger partial charge in [-0.3, -0.25) is 4.79 Å². The van der Waals surface area contributed by atoms with Crippen LogP contribution < -0.4 is 0 Å². The smallest absolute Gasteiger partial charge is 0.329 e. The third-order valence-corrected chi connectivity index (χ3v) is 4.31. The molecule has 0 spiro atoms. The first kappa shape index (κ1) is 13.4. The zero-order chi connectivity index (χ0) is 12.3. The van der Waals surface area contributed by atoms with E-state index < -0.39 is 11.5 Å². The standard InChI is InChI=1S/C11H19NO3S/c1-11(2,10(14)15)12(3)9(13)8-4-6-16-7-5-8/h8H,4-7H2,1-3H3,(H,14,15). The minimum atomic E-state index is -1.12. The van der Waals surface area contributed by atoms with Gasteiger partial charge in [0.15, 0.2) is 0 Å². The average Bonchev–Trinajstić information content (AvgIpc) is 2.28. The van der Waals surface area contributed by atoms with Gasteiger partial charge in [-0.15, -0.1) is 0 Å². The molecule has 0 unspecified atom stereocenters. The molecular formula is C11H19NO3S. The van der Waals surface area contributed by atoms with Crippen LogP contribution in [0.25, 0.3) is 0 Å². The van der Waals surface area contributed by atoms with E-state index in [0.717, 1.165) is 24.3 Å². The molecule has 0 aromatic carbocycles. The second kappa shape index (κ2) is 5.08. The van der Waals surface area contributed by atoms with Crippen molar-refractivity contribution in [2.24, 2.45) is 5.92 Å². The molecule has 1 aliphatic rings. The first-order valence-corrected chi connectivity index (χ1v) is 6.61. The summed E-state index contributed by atoms with van der Waals surface area (Å²) in [4.78, 5) is 24.5. The van der Waals surface area contributed by atoms with Crippen LogP contribution >= 0.6 is 11.8 Å². The number of nitrogens with zero attached hydrogens (tertiary/aromatic N) is 1. The maximum absolute atomic E-state index is 12.1. The molecule has 0 aliphatic carbocycles. The summed E-state index contributed by atoms with van der Waals surface area (Å²) < 4.78 is 0. The zero-order valence-corrected chi connectivity index (χ0v) is 10.8. The maximum atomic E-state index is 12.1.